The number of esters is 1. The van der Waals surface area contributed by atoms with Crippen LogP contribution in [0.1, 0.15) is 29.1 Å². The Hall–Kier alpha value is -2.08. The third kappa shape index (κ3) is 4.19. The van der Waals surface area contributed by atoms with Crippen LogP contribution in [0.3, 0.4) is 0 Å². The Kier molecular flexibility index (Phi) is 5.16. The quantitative estimate of drug-likeness (QED) is 0.802. The van der Waals surface area contributed by atoms with E-state index in [1.807, 2.05) is 18.4 Å². The summed E-state index contributed by atoms with van der Waals surface area (Å²) in [5.41, 5.74) is 6.52. The van der Waals surface area contributed by atoms with Gasteiger partial charge in [0.2, 0.25) is 0 Å². The van der Waals surface area contributed by atoms with Crippen LogP contribution in [0.15, 0.2) is 29.8 Å². The van der Waals surface area contributed by atoms with E-state index in [4.69, 9.17) is 10.5 Å². The first kappa shape index (κ1) is 15.3. The molecule has 112 valence electrons. The number of nitrogen functional groups attached to an aromatic ring is 1. The van der Waals surface area contributed by atoms with Gasteiger partial charge in [-0.1, -0.05) is 6.07 Å². The van der Waals surface area contributed by atoms with Crippen molar-refractivity contribution < 1.29 is 9.53 Å². The van der Waals surface area contributed by atoms with E-state index in [0.29, 0.717) is 23.7 Å². The zero-order chi connectivity index (χ0) is 15.2. The highest BCUT2D eigenvalue weighted by molar-refractivity contribution is 7.09. The van der Waals surface area contributed by atoms with Crippen LogP contribution >= 0.6 is 11.3 Å². The normalized spacial score (nSPS) is 11.9. The minimum Gasteiger partial charge on any atom is -0.462 e. The van der Waals surface area contributed by atoms with Gasteiger partial charge in [-0.25, -0.2) is 9.78 Å². The predicted octanol–water partition coefficient (Wildman–Crippen LogP) is 2.95. The molecule has 0 saturated heterocycles. The average Bonchev–Trinajstić information content (AvgIpc) is 2.93. The maximum atomic E-state index is 12.0. The van der Waals surface area contributed by atoms with Gasteiger partial charge in [-0.3, -0.25) is 0 Å². The van der Waals surface area contributed by atoms with Crippen molar-refractivity contribution in [3.63, 3.8) is 0 Å². The maximum Gasteiger partial charge on any atom is 0.341 e. The first-order valence-electron chi connectivity index (χ1n) is 6.81. The lowest BCUT2D eigenvalue weighted by Crippen LogP contribution is -2.21. The van der Waals surface area contributed by atoms with Crippen LogP contribution in [0.5, 0.6) is 0 Å². The highest BCUT2D eigenvalue weighted by Crippen LogP contribution is 2.19. The molecule has 0 bridgehead atoms. The number of thiophene rings is 1. The van der Waals surface area contributed by atoms with Crippen molar-refractivity contribution in [1.82, 2.24) is 4.98 Å². The molecule has 0 spiro atoms. The molecule has 2 aromatic heterocycles. The standard InChI is InChI=1S/C15H19N3O2S/c1-3-20-15(19)13-8-11(16)9-17-14(13)18-10(2)7-12-5-4-6-21-12/h4-6,8-10H,3,7,16H2,1-2H3,(H,17,18). The summed E-state index contributed by atoms with van der Waals surface area (Å²) in [5.74, 6) is 0.0924. The molecule has 2 heterocycles. The largest absolute Gasteiger partial charge is 0.462 e. The molecule has 0 fully saturated rings. The van der Waals surface area contributed by atoms with Crippen LogP contribution in [0.25, 0.3) is 0 Å². The fourth-order valence-corrected chi connectivity index (χ4v) is 2.81. The van der Waals surface area contributed by atoms with Gasteiger partial charge in [-0.05, 0) is 31.4 Å². The monoisotopic (exact) mass is 305 g/mol. The lowest BCUT2D eigenvalue weighted by Gasteiger charge is -2.16. The van der Waals surface area contributed by atoms with E-state index in [2.05, 4.69) is 16.4 Å². The van der Waals surface area contributed by atoms with Crippen LogP contribution in [-0.4, -0.2) is 23.6 Å². The first-order chi connectivity index (χ1) is 10.1. The fraction of sp³-hybridized carbons (Fsp3) is 0.333. The topological polar surface area (TPSA) is 77.2 Å². The third-order valence-electron chi connectivity index (χ3n) is 2.87. The molecule has 0 radical (unpaired) electrons. The van der Waals surface area contributed by atoms with Crippen molar-refractivity contribution in [2.24, 2.45) is 0 Å². The second kappa shape index (κ2) is 7.08. The second-order valence-corrected chi connectivity index (χ2v) is 5.75. The Labute approximate surface area is 128 Å². The van der Waals surface area contributed by atoms with E-state index in [0.717, 1.165) is 6.42 Å². The lowest BCUT2D eigenvalue weighted by atomic mass is 10.2. The van der Waals surface area contributed by atoms with Gasteiger partial charge in [0.1, 0.15) is 11.4 Å². The van der Waals surface area contributed by atoms with Crippen molar-refractivity contribution >= 4 is 28.8 Å². The summed E-state index contributed by atoms with van der Waals surface area (Å²) in [7, 11) is 0. The van der Waals surface area contributed by atoms with Crippen molar-refractivity contribution in [2.75, 3.05) is 17.7 Å². The molecule has 0 saturated carbocycles. The van der Waals surface area contributed by atoms with Crippen LogP contribution < -0.4 is 11.1 Å². The molecule has 0 aliphatic carbocycles. The molecule has 0 amide bonds. The summed E-state index contributed by atoms with van der Waals surface area (Å²) >= 11 is 1.71. The van der Waals surface area contributed by atoms with Gasteiger partial charge in [-0.2, -0.15) is 0 Å². The minimum atomic E-state index is -0.414. The molecule has 0 aromatic carbocycles. The molecular formula is C15H19N3O2S. The van der Waals surface area contributed by atoms with E-state index in [-0.39, 0.29) is 6.04 Å². The molecule has 0 aliphatic rings. The third-order valence-corrected chi connectivity index (χ3v) is 3.77. The van der Waals surface area contributed by atoms with Crippen LogP contribution in [0.2, 0.25) is 0 Å². The Morgan fingerprint density at radius 2 is 2.38 bits per heavy atom. The fourth-order valence-electron chi connectivity index (χ4n) is 1.98. The number of nitrogens with two attached hydrogens (primary N) is 1. The molecule has 1 unspecified atom stereocenters. The van der Waals surface area contributed by atoms with Crippen molar-refractivity contribution in [1.29, 1.82) is 0 Å². The first-order valence-corrected chi connectivity index (χ1v) is 7.69. The minimum absolute atomic E-state index is 0.146. The number of carbonyl (C=O) groups excluding carboxylic acids is 1. The Bertz CT molecular complexity index is 599. The molecular weight excluding hydrogens is 286 g/mol. The molecule has 21 heavy (non-hydrogen) atoms. The number of carbonyl (C=O) groups is 1. The lowest BCUT2D eigenvalue weighted by molar-refractivity contribution is 0.0527. The highest BCUT2D eigenvalue weighted by Gasteiger charge is 2.16. The number of nitrogens with zero attached hydrogens (tertiary/aromatic N) is 1. The van der Waals surface area contributed by atoms with Gasteiger partial charge in [-0.15, -0.1) is 11.3 Å². The predicted molar refractivity (Wildman–Crippen MR) is 85.7 cm³/mol. The molecule has 1 atom stereocenters. The number of anilines is 2. The van der Waals surface area contributed by atoms with Crippen molar-refractivity contribution in [2.45, 2.75) is 26.3 Å². The number of ether oxygens (including phenoxy) is 1. The molecule has 0 aliphatic heterocycles. The van der Waals surface area contributed by atoms with Gasteiger partial charge in [0.25, 0.3) is 0 Å². The SMILES string of the molecule is CCOC(=O)c1cc(N)cnc1NC(C)Cc1cccs1. The zero-order valence-corrected chi connectivity index (χ0v) is 12.9. The summed E-state index contributed by atoms with van der Waals surface area (Å²) < 4.78 is 5.04. The Balaban J connectivity index is 2.13. The van der Waals surface area contributed by atoms with E-state index in [1.165, 1.54) is 11.1 Å². The number of aromatic nitrogens is 1. The number of rotatable bonds is 6. The summed E-state index contributed by atoms with van der Waals surface area (Å²) in [6.45, 7) is 4.13. The van der Waals surface area contributed by atoms with E-state index < -0.39 is 5.97 Å². The Morgan fingerprint density at radius 3 is 3.05 bits per heavy atom. The van der Waals surface area contributed by atoms with Gasteiger partial charge in [0.05, 0.1) is 18.5 Å². The van der Waals surface area contributed by atoms with Gasteiger partial charge in [0, 0.05) is 17.3 Å². The zero-order valence-electron chi connectivity index (χ0n) is 12.1. The van der Waals surface area contributed by atoms with E-state index in [1.54, 1.807) is 24.3 Å². The molecule has 6 heteroatoms. The maximum absolute atomic E-state index is 12.0. The summed E-state index contributed by atoms with van der Waals surface area (Å²) in [5, 5.41) is 5.30. The Morgan fingerprint density at radius 1 is 1.57 bits per heavy atom. The van der Waals surface area contributed by atoms with Crippen molar-refractivity contribution in [3.05, 3.63) is 40.2 Å². The van der Waals surface area contributed by atoms with Crippen LogP contribution in [0, 0.1) is 0 Å². The summed E-state index contributed by atoms with van der Waals surface area (Å²) in [4.78, 5) is 17.5. The number of nitrogens with one attached hydrogen (secondary N) is 1. The summed E-state index contributed by atoms with van der Waals surface area (Å²) in [6, 6.07) is 5.85. The molecule has 3 N–H and O–H groups in total. The average molecular weight is 305 g/mol. The summed E-state index contributed by atoms with van der Waals surface area (Å²) in [6.07, 6.45) is 2.40. The van der Waals surface area contributed by atoms with E-state index in [9.17, 15) is 4.79 Å². The number of hydrogen-bond donors (Lipinski definition) is 2. The van der Waals surface area contributed by atoms with E-state index >= 15 is 0 Å². The highest BCUT2D eigenvalue weighted by atomic mass is 32.1. The molecule has 5 nitrogen and oxygen atoms in total. The molecule has 2 rings (SSSR count). The van der Waals surface area contributed by atoms with Gasteiger partial charge >= 0.3 is 5.97 Å². The van der Waals surface area contributed by atoms with Gasteiger partial charge < -0.3 is 15.8 Å². The van der Waals surface area contributed by atoms with Crippen LogP contribution in [-0.2, 0) is 11.2 Å². The smallest absolute Gasteiger partial charge is 0.341 e. The number of hydrogen-bond acceptors (Lipinski definition) is 6. The van der Waals surface area contributed by atoms with Crippen molar-refractivity contribution in [3.8, 4) is 0 Å². The second-order valence-electron chi connectivity index (χ2n) is 4.71. The van der Waals surface area contributed by atoms with Gasteiger partial charge in [0.15, 0.2) is 0 Å². The number of pyridine rings is 1. The van der Waals surface area contributed by atoms with Crippen LogP contribution in [0.4, 0.5) is 11.5 Å². The molecule has 2 aromatic rings.